The van der Waals surface area contributed by atoms with Crippen LogP contribution in [0.4, 0.5) is 0 Å². The van der Waals surface area contributed by atoms with Crippen molar-refractivity contribution in [3.05, 3.63) is 42.5 Å². The number of aryl methyl sites for hydroxylation is 2. The second-order valence-electron chi connectivity index (χ2n) is 4.27. The van der Waals surface area contributed by atoms with E-state index in [0.717, 1.165) is 32.5 Å². The predicted octanol–water partition coefficient (Wildman–Crippen LogP) is 3.60. The maximum absolute atomic E-state index is 6.27. The highest BCUT2D eigenvalue weighted by Crippen LogP contribution is 2.34. The molecule has 0 fully saturated rings. The lowest BCUT2D eigenvalue weighted by molar-refractivity contribution is 0.798. The molecule has 3 nitrogen and oxygen atoms in total. The molecule has 0 saturated carbocycles. The highest BCUT2D eigenvalue weighted by Gasteiger charge is 2.22. The fraction of sp³-hybridized carbons (Fsp3) is 0.333. The van der Waals surface area contributed by atoms with E-state index < -0.39 is 0 Å². The van der Waals surface area contributed by atoms with E-state index in [9.17, 15) is 0 Å². The molecule has 6 heteroatoms. The zero-order chi connectivity index (χ0) is 12.7. The Morgan fingerprint density at radius 1 is 1.33 bits per heavy atom. The predicted molar refractivity (Wildman–Crippen MR) is 79.8 cm³/mol. The van der Waals surface area contributed by atoms with Gasteiger partial charge in [-0.15, -0.1) is 11.3 Å². The molecular formula is C12H11Br2N3S. The average molecular weight is 389 g/mol. The van der Waals surface area contributed by atoms with Crippen LogP contribution >= 0.6 is 43.2 Å². The molecule has 18 heavy (non-hydrogen) atoms. The van der Waals surface area contributed by atoms with Crippen molar-refractivity contribution >= 4 is 43.2 Å². The van der Waals surface area contributed by atoms with E-state index in [4.69, 9.17) is 5.73 Å². The maximum Gasteiger partial charge on any atom is 0.116 e. The van der Waals surface area contributed by atoms with Crippen LogP contribution in [-0.2, 0) is 12.8 Å². The molecule has 1 atom stereocenters. The van der Waals surface area contributed by atoms with Gasteiger partial charge in [0.2, 0.25) is 0 Å². The number of halogens is 2. The molecule has 0 saturated heterocycles. The van der Waals surface area contributed by atoms with E-state index in [1.807, 2.05) is 6.07 Å². The fourth-order valence-corrected chi connectivity index (χ4v) is 4.51. The Balaban J connectivity index is 1.95. The van der Waals surface area contributed by atoms with Gasteiger partial charge in [-0.25, -0.2) is 4.98 Å². The lowest BCUT2D eigenvalue weighted by atomic mass is 10.2. The minimum absolute atomic E-state index is 0.247. The van der Waals surface area contributed by atoms with Crippen LogP contribution in [0, 0.1) is 0 Å². The van der Waals surface area contributed by atoms with Crippen LogP contribution in [0.25, 0.3) is 0 Å². The Morgan fingerprint density at radius 2 is 2.17 bits per heavy atom. The Labute approximate surface area is 126 Å². The van der Waals surface area contributed by atoms with Gasteiger partial charge in [0.15, 0.2) is 0 Å². The molecule has 2 heterocycles. The Hall–Kier alpha value is -0.300. The molecule has 94 valence electrons. The summed E-state index contributed by atoms with van der Waals surface area (Å²) in [5.74, 6) is 0. The molecule has 1 aliphatic carbocycles. The summed E-state index contributed by atoms with van der Waals surface area (Å²) in [4.78, 5) is 10.4. The molecule has 1 aliphatic rings. The van der Waals surface area contributed by atoms with Crippen molar-refractivity contribution in [3.8, 4) is 0 Å². The standard InChI is InChI=1S/C12H11Br2N3S/c13-6-4-7(14)11(16-5-6)10(15)12-17-8-2-1-3-9(8)18-12/h4-5,10H,1-3,15H2. The molecule has 0 aromatic carbocycles. The van der Waals surface area contributed by atoms with Gasteiger partial charge in [0.05, 0.1) is 11.4 Å². The summed E-state index contributed by atoms with van der Waals surface area (Å²) in [7, 11) is 0. The van der Waals surface area contributed by atoms with Gasteiger partial charge in [-0.05, 0) is 57.2 Å². The van der Waals surface area contributed by atoms with Gasteiger partial charge >= 0.3 is 0 Å². The van der Waals surface area contributed by atoms with Gasteiger partial charge in [-0.3, -0.25) is 4.98 Å². The van der Waals surface area contributed by atoms with Crippen LogP contribution in [0.1, 0.15) is 33.7 Å². The lowest BCUT2D eigenvalue weighted by Crippen LogP contribution is -2.14. The topological polar surface area (TPSA) is 51.8 Å². The Kier molecular flexibility index (Phi) is 3.53. The van der Waals surface area contributed by atoms with E-state index >= 15 is 0 Å². The summed E-state index contributed by atoms with van der Waals surface area (Å²) in [6.45, 7) is 0. The van der Waals surface area contributed by atoms with Crippen molar-refractivity contribution in [2.24, 2.45) is 5.73 Å². The first-order valence-electron chi connectivity index (χ1n) is 5.70. The molecule has 0 spiro atoms. The molecule has 0 bridgehead atoms. The third-order valence-corrected chi connectivity index (χ3v) is 5.32. The summed E-state index contributed by atoms with van der Waals surface area (Å²) in [5, 5.41) is 0.968. The van der Waals surface area contributed by atoms with E-state index in [2.05, 4.69) is 41.8 Å². The number of hydrogen-bond acceptors (Lipinski definition) is 4. The summed E-state index contributed by atoms with van der Waals surface area (Å²) in [6.07, 6.45) is 5.23. The number of nitrogens with two attached hydrogens (primary N) is 1. The number of thiazole rings is 1. The zero-order valence-corrected chi connectivity index (χ0v) is 13.5. The summed E-state index contributed by atoms with van der Waals surface area (Å²) >= 11 is 8.63. The van der Waals surface area contributed by atoms with Gasteiger partial charge in [0.1, 0.15) is 11.0 Å². The van der Waals surface area contributed by atoms with Crippen molar-refractivity contribution in [2.45, 2.75) is 25.3 Å². The maximum atomic E-state index is 6.27. The van der Waals surface area contributed by atoms with Crippen LogP contribution < -0.4 is 5.73 Å². The van der Waals surface area contributed by atoms with Gasteiger partial charge in [0, 0.05) is 20.0 Å². The smallest absolute Gasteiger partial charge is 0.116 e. The number of fused-ring (bicyclic) bond motifs is 1. The van der Waals surface area contributed by atoms with Crippen LogP contribution in [0.15, 0.2) is 21.2 Å². The first-order chi connectivity index (χ1) is 8.65. The van der Waals surface area contributed by atoms with Gasteiger partial charge in [0.25, 0.3) is 0 Å². The summed E-state index contributed by atoms with van der Waals surface area (Å²) in [6, 6.07) is 1.71. The van der Waals surface area contributed by atoms with E-state index in [0.29, 0.717) is 0 Å². The molecule has 0 aliphatic heterocycles. The second kappa shape index (κ2) is 5.00. The van der Waals surface area contributed by atoms with Crippen LogP contribution in [0.5, 0.6) is 0 Å². The lowest BCUT2D eigenvalue weighted by Gasteiger charge is -2.10. The first kappa shape index (κ1) is 12.7. The molecule has 3 rings (SSSR count). The Bertz CT molecular complexity index is 576. The van der Waals surface area contributed by atoms with E-state index in [1.54, 1.807) is 17.5 Å². The quantitative estimate of drug-likeness (QED) is 0.854. The first-order valence-corrected chi connectivity index (χ1v) is 8.10. The molecule has 2 N–H and O–H groups in total. The zero-order valence-electron chi connectivity index (χ0n) is 9.49. The molecule has 2 aromatic rings. The van der Waals surface area contributed by atoms with Crippen LogP contribution in [-0.4, -0.2) is 9.97 Å². The van der Waals surface area contributed by atoms with Gasteiger partial charge in [-0.1, -0.05) is 0 Å². The molecule has 0 radical (unpaired) electrons. The number of rotatable bonds is 2. The minimum Gasteiger partial charge on any atom is -0.317 e. The summed E-state index contributed by atoms with van der Waals surface area (Å²) < 4.78 is 1.85. The van der Waals surface area contributed by atoms with Gasteiger partial charge in [-0.2, -0.15) is 0 Å². The van der Waals surface area contributed by atoms with Crippen molar-refractivity contribution in [1.29, 1.82) is 0 Å². The third-order valence-electron chi connectivity index (χ3n) is 3.01. The number of nitrogens with zero attached hydrogens (tertiary/aromatic N) is 2. The second-order valence-corrected chi connectivity index (χ2v) is 7.16. The van der Waals surface area contributed by atoms with E-state index in [1.165, 1.54) is 17.0 Å². The molecule has 1 unspecified atom stereocenters. The number of pyridine rings is 1. The molecule has 0 amide bonds. The van der Waals surface area contributed by atoms with Crippen molar-refractivity contribution in [3.63, 3.8) is 0 Å². The SMILES string of the molecule is NC(c1nc2c(s1)CCC2)c1ncc(Br)cc1Br. The van der Waals surface area contributed by atoms with Crippen LogP contribution in [0.2, 0.25) is 0 Å². The third kappa shape index (κ3) is 2.27. The van der Waals surface area contributed by atoms with E-state index in [-0.39, 0.29) is 6.04 Å². The monoisotopic (exact) mass is 387 g/mol. The Morgan fingerprint density at radius 3 is 2.89 bits per heavy atom. The van der Waals surface area contributed by atoms with Crippen molar-refractivity contribution in [2.75, 3.05) is 0 Å². The minimum atomic E-state index is -0.247. The highest BCUT2D eigenvalue weighted by atomic mass is 79.9. The normalized spacial score (nSPS) is 15.7. The molecule has 2 aromatic heterocycles. The average Bonchev–Trinajstić information content (AvgIpc) is 2.87. The largest absolute Gasteiger partial charge is 0.317 e. The van der Waals surface area contributed by atoms with Crippen molar-refractivity contribution in [1.82, 2.24) is 9.97 Å². The van der Waals surface area contributed by atoms with Gasteiger partial charge < -0.3 is 5.73 Å². The number of hydrogen-bond donors (Lipinski definition) is 1. The number of aromatic nitrogens is 2. The fourth-order valence-electron chi connectivity index (χ4n) is 2.11. The van der Waals surface area contributed by atoms with Crippen LogP contribution in [0.3, 0.4) is 0 Å². The molecular weight excluding hydrogens is 378 g/mol. The summed E-state index contributed by atoms with van der Waals surface area (Å²) in [5.41, 5.74) is 8.34. The van der Waals surface area contributed by atoms with Crippen molar-refractivity contribution < 1.29 is 0 Å². The highest BCUT2D eigenvalue weighted by molar-refractivity contribution is 9.11.